The van der Waals surface area contributed by atoms with Crippen LogP contribution < -0.4 is 5.32 Å². The van der Waals surface area contributed by atoms with E-state index in [1.54, 1.807) is 28.0 Å². The number of carbonyl (C=O) groups excluding carboxylic acids is 2. The smallest absolute Gasteiger partial charge is 0.249 e. The van der Waals surface area contributed by atoms with Crippen molar-refractivity contribution in [2.45, 2.75) is 56.9 Å². The highest BCUT2D eigenvalue weighted by molar-refractivity contribution is 8.01. The molecule has 0 bridgehead atoms. The number of amides is 2. The summed E-state index contributed by atoms with van der Waals surface area (Å²) in [7, 11) is 0. The number of thiazole rings is 1. The molecule has 3 unspecified atom stereocenters. The third kappa shape index (κ3) is 2.58. The zero-order valence-electron chi connectivity index (χ0n) is 13.4. The average molecular weight is 351 g/mol. The van der Waals surface area contributed by atoms with Crippen molar-refractivity contribution in [3.05, 3.63) is 10.6 Å². The largest absolute Gasteiger partial charge is 0.315 e. The topological polar surface area (TPSA) is 62.3 Å². The number of anilines is 1. The van der Waals surface area contributed by atoms with Crippen LogP contribution in [0.5, 0.6) is 0 Å². The van der Waals surface area contributed by atoms with Gasteiger partial charge in [0.2, 0.25) is 11.8 Å². The van der Waals surface area contributed by atoms with Crippen LogP contribution in [0.15, 0.2) is 0 Å². The zero-order valence-corrected chi connectivity index (χ0v) is 15.1. The third-order valence-electron chi connectivity index (χ3n) is 5.16. The van der Waals surface area contributed by atoms with Crippen LogP contribution in [0.1, 0.15) is 43.7 Å². The Balaban J connectivity index is 1.49. The van der Waals surface area contributed by atoms with Gasteiger partial charge in [-0.1, -0.05) is 6.92 Å². The van der Waals surface area contributed by atoms with Gasteiger partial charge >= 0.3 is 0 Å². The number of fused-ring (bicyclic) bond motifs is 2. The second-order valence-electron chi connectivity index (χ2n) is 6.99. The van der Waals surface area contributed by atoms with E-state index in [1.165, 1.54) is 11.3 Å². The van der Waals surface area contributed by atoms with Gasteiger partial charge in [-0.3, -0.25) is 9.59 Å². The number of thioether (sulfide) groups is 1. The molecule has 0 aromatic carbocycles. The highest BCUT2D eigenvalue weighted by Crippen LogP contribution is 2.47. The summed E-state index contributed by atoms with van der Waals surface area (Å²) in [6.45, 7) is 4.33. The lowest BCUT2D eigenvalue weighted by molar-refractivity contribution is -0.135. The predicted molar refractivity (Wildman–Crippen MR) is 92.7 cm³/mol. The van der Waals surface area contributed by atoms with Crippen LogP contribution in [0.3, 0.4) is 0 Å². The first-order chi connectivity index (χ1) is 11.0. The molecular formula is C16H21N3O2S2. The number of nitrogens with one attached hydrogen (secondary N) is 1. The molecule has 3 aliphatic rings. The molecule has 2 amide bonds. The summed E-state index contributed by atoms with van der Waals surface area (Å²) in [5.41, 5.74) is 1.14. The van der Waals surface area contributed by atoms with Gasteiger partial charge in [-0.05, 0) is 38.5 Å². The number of aryl methyl sites for hydroxylation is 1. The standard InChI is InChI=1S/C16H21N3O2S2/c1-9-3-4-10-12(7-9)23-15(17-10)18-14(21)11-8-22-16(2)6-5-13(20)19(11)16/h9,11H,3-8H2,1-2H3,(H,17,18,21). The molecule has 2 aliphatic heterocycles. The van der Waals surface area contributed by atoms with Crippen molar-refractivity contribution < 1.29 is 9.59 Å². The van der Waals surface area contributed by atoms with Gasteiger partial charge in [0.1, 0.15) is 6.04 Å². The molecule has 1 aromatic rings. The van der Waals surface area contributed by atoms with Gasteiger partial charge in [0.25, 0.3) is 0 Å². The van der Waals surface area contributed by atoms with Crippen LogP contribution in [0.2, 0.25) is 0 Å². The fraction of sp³-hybridized carbons (Fsp3) is 0.688. The van der Waals surface area contributed by atoms with E-state index in [1.807, 2.05) is 0 Å². The molecule has 7 heteroatoms. The van der Waals surface area contributed by atoms with Crippen molar-refractivity contribution >= 4 is 40.0 Å². The van der Waals surface area contributed by atoms with E-state index in [2.05, 4.69) is 24.1 Å². The summed E-state index contributed by atoms with van der Waals surface area (Å²) in [5, 5.41) is 3.66. The van der Waals surface area contributed by atoms with Gasteiger partial charge in [-0.15, -0.1) is 23.1 Å². The van der Waals surface area contributed by atoms with Crippen LogP contribution in [0, 0.1) is 5.92 Å². The number of rotatable bonds is 2. The van der Waals surface area contributed by atoms with E-state index in [4.69, 9.17) is 0 Å². The van der Waals surface area contributed by atoms with Crippen LogP contribution in [0.25, 0.3) is 0 Å². The van der Waals surface area contributed by atoms with E-state index in [0.29, 0.717) is 23.2 Å². The van der Waals surface area contributed by atoms with Gasteiger partial charge in [0.15, 0.2) is 5.13 Å². The van der Waals surface area contributed by atoms with Crippen molar-refractivity contribution in [3.8, 4) is 0 Å². The molecular weight excluding hydrogens is 330 g/mol. The Kier molecular flexibility index (Phi) is 3.68. The number of carbonyl (C=O) groups is 2. The van der Waals surface area contributed by atoms with Gasteiger partial charge in [0.05, 0.1) is 10.6 Å². The summed E-state index contributed by atoms with van der Waals surface area (Å²) in [5.74, 6) is 1.39. The maximum Gasteiger partial charge on any atom is 0.249 e. The minimum Gasteiger partial charge on any atom is -0.315 e. The summed E-state index contributed by atoms with van der Waals surface area (Å²) in [6, 6.07) is -0.361. The number of hydrogen-bond acceptors (Lipinski definition) is 5. The molecule has 0 radical (unpaired) electrons. The molecule has 4 rings (SSSR count). The normalized spacial score (nSPS) is 32.8. The van der Waals surface area contributed by atoms with Gasteiger partial charge < -0.3 is 10.2 Å². The SMILES string of the molecule is CC1CCc2nc(NC(=O)C3CSC4(C)CCC(=O)N34)sc2C1. The lowest BCUT2D eigenvalue weighted by Crippen LogP contribution is -2.48. The third-order valence-corrected chi connectivity index (χ3v) is 7.70. The van der Waals surface area contributed by atoms with Crippen LogP contribution >= 0.6 is 23.1 Å². The van der Waals surface area contributed by atoms with Crippen molar-refractivity contribution in [1.82, 2.24) is 9.88 Å². The van der Waals surface area contributed by atoms with E-state index in [0.717, 1.165) is 25.0 Å². The molecule has 2 saturated heterocycles. The quantitative estimate of drug-likeness (QED) is 0.890. The van der Waals surface area contributed by atoms with Crippen molar-refractivity contribution in [2.75, 3.05) is 11.1 Å². The van der Waals surface area contributed by atoms with E-state index in [9.17, 15) is 9.59 Å². The van der Waals surface area contributed by atoms with Crippen molar-refractivity contribution in [2.24, 2.45) is 5.92 Å². The first-order valence-electron chi connectivity index (χ1n) is 8.22. The van der Waals surface area contributed by atoms with Gasteiger partial charge in [0, 0.05) is 17.1 Å². The molecule has 1 N–H and O–H groups in total. The van der Waals surface area contributed by atoms with E-state index >= 15 is 0 Å². The number of hydrogen-bond donors (Lipinski definition) is 1. The molecule has 23 heavy (non-hydrogen) atoms. The Morgan fingerprint density at radius 3 is 3.09 bits per heavy atom. The maximum absolute atomic E-state index is 12.7. The Morgan fingerprint density at radius 2 is 2.26 bits per heavy atom. The van der Waals surface area contributed by atoms with Crippen LogP contribution in [-0.2, 0) is 22.4 Å². The lowest BCUT2D eigenvalue weighted by Gasteiger charge is -2.29. The molecule has 1 aliphatic carbocycles. The number of aromatic nitrogens is 1. The highest BCUT2D eigenvalue weighted by atomic mass is 32.2. The molecule has 0 spiro atoms. The minimum atomic E-state index is -0.361. The lowest BCUT2D eigenvalue weighted by atomic mass is 9.93. The zero-order chi connectivity index (χ0) is 16.2. The first kappa shape index (κ1) is 15.4. The molecule has 124 valence electrons. The predicted octanol–water partition coefficient (Wildman–Crippen LogP) is 2.66. The van der Waals surface area contributed by atoms with Crippen molar-refractivity contribution in [3.63, 3.8) is 0 Å². The van der Waals surface area contributed by atoms with E-state index in [-0.39, 0.29) is 22.7 Å². The van der Waals surface area contributed by atoms with Crippen LogP contribution in [0.4, 0.5) is 5.13 Å². The number of nitrogens with zero attached hydrogens (tertiary/aromatic N) is 2. The fourth-order valence-corrected chi connectivity index (χ4v) is 6.40. The second kappa shape index (κ2) is 5.48. The average Bonchev–Trinajstić information content (AvgIpc) is 3.12. The minimum absolute atomic E-state index is 0.0874. The Bertz CT molecular complexity index is 674. The summed E-state index contributed by atoms with van der Waals surface area (Å²) < 4.78 is 0. The summed E-state index contributed by atoms with van der Waals surface area (Å²) >= 11 is 3.32. The Labute approximate surface area is 144 Å². The molecule has 0 saturated carbocycles. The summed E-state index contributed by atoms with van der Waals surface area (Å²) in [6.07, 6.45) is 4.63. The molecule has 2 fully saturated rings. The van der Waals surface area contributed by atoms with Gasteiger partial charge in [-0.25, -0.2) is 4.98 Å². The van der Waals surface area contributed by atoms with E-state index < -0.39 is 0 Å². The molecule has 3 heterocycles. The van der Waals surface area contributed by atoms with Crippen LogP contribution in [-0.4, -0.2) is 38.4 Å². The second-order valence-corrected chi connectivity index (χ2v) is 9.58. The maximum atomic E-state index is 12.7. The highest BCUT2D eigenvalue weighted by Gasteiger charge is 2.53. The Hall–Kier alpha value is -1.08. The molecule has 1 aromatic heterocycles. The molecule has 5 nitrogen and oxygen atoms in total. The summed E-state index contributed by atoms with van der Waals surface area (Å²) in [4.78, 5) is 32.3. The monoisotopic (exact) mass is 351 g/mol. The van der Waals surface area contributed by atoms with Crippen molar-refractivity contribution in [1.29, 1.82) is 0 Å². The fourth-order valence-electron chi connectivity index (χ4n) is 3.80. The Morgan fingerprint density at radius 1 is 1.43 bits per heavy atom. The van der Waals surface area contributed by atoms with Gasteiger partial charge in [-0.2, -0.15) is 0 Å². The first-order valence-corrected chi connectivity index (χ1v) is 10.0. The molecule has 3 atom stereocenters.